The number of aromatic nitrogens is 3. The minimum absolute atomic E-state index is 0. The first-order chi connectivity index (χ1) is 15.0. The first-order valence-corrected chi connectivity index (χ1v) is 10.6. The fourth-order valence-electron chi connectivity index (χ4n) is 3.39. The van der Waals surface area contributed by atoms with E-state index in [1.54, 1.807) is 25.3 Å². The molecule has 2 N–H and O–H groups in total. The zero-order valence-electron chi connectivity index (χ0n) is 19.1. The monoisotopic (exact) mass is 549 g/mol. The van der Waals surface area contributed by atoms with Crippen molar-refractivity contribution in [3.63, 3.8) is 0 Å². The van der Waals surface area contributed by atoms with Crippen LogP contribution in [0.15, 0.2) is 53.8 Å². The molecule has 1 heterocycles. The van der Waals surface area contributed by atoms with Gasteiger partial charge in [-0.05, 0) is 23.3 Å². The molecule has 0 saturated heterocycles. The fraction of sp³-hybridized carbons (Fsp3) is 0.391. The second-order valence-corrected chi connectivity index (χ2v) is 7.61. The van der Waals surface area contributed by atoms with Crippen LogP contribution in [0.25, 0.3) is 10.8 Å². The quantitative estimate of drug-likeness (QED) is 0.256. The van der Waals surface area contributed by atoms with E-state index < -0.39 is 0 Å². The van der Waals surface area contributed by atoms with Gasteiger partial charge in [0.05, 0.1) is 6.04 Å². The van der Waals surface area contributed by atoms with Crippen LogP contribution in [-0.4, -0.2) is 58.7 Å². The van der Waals surface area contributed by atoms with E-state index in [4.69, 9.17) is 0 Å². The number of nitrogens with one attached hydrogen (secondary N) is 2. The van der Waals surface area contributed by atoms with Crippen molar-refractivity contribution in [1.82, 2.24) is 30.3 Å². The number of aryl methyl sites for hydroxylation is 1. The topological polar surface area (TPSA) is 87.4 Å². The molecule has 0 spiro atoms. The lowest BCUT2D eigenvalue weighted by Gasteiger charge is -2.20. The molecular weight excluding hydrogens is 517 g/mol. The molecule has 0 fully saturated rings. The summed E-state index contributed by atoms with van der Waals surface area (Å²) in [5.41, 5.74) is 1.18. The van der Waals surface area contributed by atoms with Crippen molar-refractivity contribution in [3.05, 3.63) is 60.2 Å². The number of nitrogens with zero attached hydrogens (tertiary/aromatic N) is 5. The number of carbonyl (C=O) groups is 1. The molecule has 0 aliphatic carbocycles. The molecule has 32 heavy (non-hydrogen) atoms. The Morgan fingerprint density at radius 1 is 1.19 bits per heavy atom. The van der Waals surface area contributed by atoms with Crippen LogP contribution < -0.4 is 10.6 Å². The second kappa shape index (κ2) is 12.4. The molecule has 8 nitrogen and oxygen atoms in total. The summed E-state index contributed by atoms with van der Waals surface area (Å²) in [7, 11) is 3.46. The number of hydrogen-bond donors (Lipinski definition) is 2. The summed E-state index contributed by atoms with van der Waals surface area (Å²) < 4.78 is 2.02. The van der Waals surface area contributed by atoms with Gasteiger partial charge in [0.2, 0.25) is 5.91 Å². The SMILES string of the molecule is CCc1nncn1CCNC(=NCC(=O)N(C)C)NC(C)c1cccc2ccccc12.I. The lowest BCUT2D eigenvalue weighted by atomic mass is 10.00. The van der Waals surface area contributed by atoms with Crippen LogP contribution in [0.2, 0.25) is 0 Å². The smallest absolute Gasteiger partial charge is 0.243 e. The predicted molar refractivity (Wildman–Crippen MR) is 139 cm³/mol. The van der Waals surface area contributed by atoms with Crippen LogP contribution >= 0.6 is 24.0 Å². The zero-order chi connectivity index (χ0) is 22.2. The summed E-state index contributed by atoms with van der Waals surface area (Å²) >= 11 is 0. The van der Waals surface area contributed by atoms with Gasteiger partial charge >= 0.3 is 0 Å². The summed E-state index contributed by atoms with van der Waals surface area (Å²) in [6, 6.07) is 14.6. The highest BCUT2D eigenvalue weighted by Gasteiger charge is 2.12. The standard InChI is InChI=1S/C23H31N7O.HI/c1-5-21-28-26-16-30(21)14-13-24-23(25-15-22(31)29(3)4)27-17(2)19-12-8-10-18-9-6-7-11-20(18)19;/h6-12,16-17H,5,13-15H2,1-4H3,(H2,24,25,27);1H. The van der Waals surface area contributed by atoms with Gasteiger partial charge in [0.15, 0.2) is 5.96 Å². The molecule has 0 saturated carbocycles. The van der Waals surface area contributed by atoms with Gasteiger partial charge < -0.3 is 20.1 Å². The molecule has 1 amide bonds. The Morgan fingerprint density at radius 3 is 2.69 bits per heavy atom. The fourth-order valence-corrected chi connectivity index (χ4v) is 3.39. The molecule has 1 aromatic heterocycles. The number of benzene rings is 2. The third-order valence-electron chi connectivity index (χ3n) is 5.17. The van der Waals surface area contributed by atoms with Gasteiger partial charge in [-0.25, -0.2) is 4.99 Å². The molecule has 172 valence electrons. The normalized spacial score (nSPS) is 12.2. The van der Waals surface area contributed by atoms with Crippen molar-refractivity contribution in [3.8, 4) is 0 Å². The molecule has 0 radical (unpaired) electrons. The van der Waals surface area contributed by atoms with E-state index >= 15 is 0 Å². The van der Waals surface area contributed by atoms with E-state index in [0.717, 1.165) is 12.2 Å². The lowest BCUT2D eigenvalue weighted by Crippen LogP contribution is -2.41. The van der Waals surface area contributed by atoms with Crippen molar-refractivity contribution in [2.24, 2.45) is 4.99 Å². The summed E-state index contributed by atoms with van der Waals surface area (Å²) in [5, 5.41) is 17.3. The van der Waals surface area contributed by atoms with Gasteiger partial charge in [-0.2, -0.15) is 0 Å². The van der Waals surface area contributed by atoms with Crippen molar-refractivity contribution in [2.75, 3.05) is 27.2 Å². The van der Waals surface area contributed by atoms with E-state index in [0.29, 0.717) is 19.0 Å². The minimum Gasteiger partial charge on any atom is -0.355 e. The maximum absolute atomic E-state index is 12.1. The van der Waals surface area contributed by atoms with Gasteiger partial charge in [-0.3, -0.25) is 4.79 Å². The number of guanidine groups is 1. The Bertz CT molecular complexity index is 1040. The molecule has 3 aromatic rings. The van der Waals surface area contributed by atoms with E-state index in [9.17, 15) is 4.79 Å². The minimum atomic E-state index is -0.0500. The van der Waals surface area contributed by atoms with Crippen LogP contribution in [0.5, 0.6) is 0 Å². The van der Waals surface area contributed by atoms with Crippen molar-refractivity contribution in [1.29, 1.82) is 0 Å². The molecule has 0 bridgehead atoms. The van der Waals surface area contributed by atoms with Crippen LogP contribution in [-0.2, 0) is 17.8 Å². The molecule has 3 rings (SSSR count). The Hall–Kier alpha value is -2.69. The third kappa shape index (κ3) is 6.65. The predicted octanol–water partition coefficient (Wildman–Crippen LogP) is 3.00. The van der Waals surface area contributed by atoms with Gasteiger partial charge in [-0.1, -0.05) is 49.4 Å². The van der Waals surface area contributed by atoms with Crippen LogP contribution in [0.1, 0.15) is 31.3 Å². The van der Waals surface area contributed by atoms with E-state index in [1.807, 2.05) is 16.7 Å². The average molecular weight is 549 g/mol. The van der Waals surface area contributed by atoms with Gasteiger partial charge in [0.1, 0.15) is 18.7 Å². The van der Waals surface area contributed by atoms with Crippen LogP contribution in [0.3, 0.4) is 0 Å². The molecule has 9 heteroatoms. The number of aliphatic imine (C=N–C) groups is 1. The second-order valence-electron chi connectivity index (χ2n) is 7.61. The van der Waals surface area contributed by atoms with Crippen LogP contribution in [0.4, 0.5) is 0 Å². The first-order valence-electron chi connectivity index (χ1n) is 10.6. The number of amides is 1. The highest BCUT2D eigenvalue weighted by molar-refractivity contribution is 14.0. The average Bonchev–Trinajstić information content (AvgIpc) is 3.24. The Morgan fingerprint density at radius 2 is 1.94 bits per heavy atom. The summed E-state index contributed by atoms with van der Waals surface area (Å²) in [6.45, 7) is 5.58. The highest BCUT2D eigenvalue weighted by Crippen LogP contribution is 2.23. The zero-order valence-corrected chi connectivity index (χ0v) is 21.4. The summed E-state index contributed by atoms with van der Waals surface area (Å²) in [4.78, 5) is 18.1. The Labute approximate surface area is 206 Å². The molecule has 1 atom stereocenters. The maximum atomic E-state index is 12.1. The van der Waals surface area contributed by atoms with Crippen molar-refractivity contribution < 1.29 is 4.79 Å². The van der Waals surface area contributed by atoms with Crippen molar-refractivity contribution >= 4 is 46.6 Å². The van der Waals surface area contributed by atoms with Gasteiger partial charge in [-0.15, -0.1) is 34.2 Å². The molecule has 1 unspecified atom stereocenters. The Kier molecular flexibility index (Phi) is 9.89. The van der Waals surface area contributed by atoms with E-state index in [-0.39, 0.29) is 42.5 Å². The number of fused-ring (bicyclic) bond motifs is 1. The summed E-state index contributed by atoms with van der Waals surface area (Å²) in [6.07, 6.45) is 2.56. The molecule has 0 aliphatic rings. The number of carbonyl (C=O) groups excluding carboxylic acids is 1. The van der Waals surface area contributed by atoms with Crippen molar-refractivity contribution in [2.45, 2.75) is 32.9 Å². The number of rotatable bonds is 8. The Balaban J connectivity index is 0.00000363. The molecular formula is C23H32IN7O. The number of halogens is 1. The number of hydrogen-bond acceptors (Lipinski definition) is 4. The maximum Gasteiger partial charge on any atom is 0.243 e. The van der Waals surface area contributed by atoms with Gasteiger partial charge in [0, 0.05) is 33.6 Å². The number of likely N-dealkylation sites (N-methyl/N-ethyl adjacent to an activating group) is 1. The van der Waals surface area contributed by atoms with E-state index in [1.165, 1.54) is 16.3 Å². The molecule has 0 aliphatic heterocycles. The van der Waals surface area contributed by atoms with E-state index in [2.05, 4.69) is 70.0 Å². The first kappa shape index (κ1) is 25.6. The molecule has 2 aromatic carbocycles. The third-order valence-corrected chi connectivity index (χ3v) is 5.17. The summed E-state index contributed by atoms with van der Waals surface area (Å²) in [5.74, 6) is 1.49. The largest absolute Gasteiger partial charge is 0.355 e. The van der Waals surface area contributed by atoms with Crippen LogP contribution in [0, 0.1) is 0 Å². The van der Waals surface area contributed by atoms with Gasteiger partial charge in [0.25, 0.3) is 0 Å². The lowest BCUT2D eigenvalue weighted by molar-refractivity contribution is -0.127. The highest BCUT2D eigenvalue weighted by atomic mass is 127.